The van der Waals surface area contributed by atoms with E-state index in [4.69, 9.17) is 24.3 Å². The Bertz CT molecular complexity index is 1460. The van der Waals surface area contributed by atoms with Crippen LogP contribution in [0.4, 0.5) is 11.6 Å². The molecule has 1 amide bonds. The number of rotatable bonds is 7. The molecule has 0 saturated heterocycles. The van der Waals surface area contributed by atoms with E-state index in [0.717, 1.165) is 5.56 Å². The van der Waals surface area contributed by atoms with Crippen molar-refractivity contribution in [2.75, 3.05) is 32.0 Å². The molecule has 0 radical (unpaired) electrons. The number of fused-ring (bicyclic) bond motifs is 1. The van der Waals surface area contributed by atoms with Crippen molar-refractivity contribution in [1.29, 1.82) is 0 Å². The van der Waals surface area contributed by atoms with Crippen LogP contribution in [0.25, 0.3) is 11.4 Å². The second kappa shape index (κ2) is 10.0. The zero-order chi connectivity index (χ0) is 25.9. The van der Waals surface area contributed by atoms with E-state index in [1.165, 1.54) is 0 Å². The maximum absolute atomic E-state index is 13.7. The van der Waals surface area contributed by atoms with Gasteiger partial charge in [-0.15, -0.1) is 5.10 Å². The van der Waals surface area contributed by atoms with Crippen molar-refractivity contribution in [2.24, 2.45) is 0 Å². The van der Waals surface area contributed by atoms with Gasteiger partial charge in [0.2, 0.25) is 5.95 Å². The standard InChI is InChI=1S/C27H26N6O4/c1-16-23(26(34)30-21-9-5-6-10-22(21)37-4)24(17-8-7-11-28-15-17)33-27(29-16)31-25(32-33)18-12-19(35-2)14-20(13-18)36-3/h5-15,24H,1-4H3,(H,30,34)(H,29,31,32)/t24-/m0/s1. The molecule has 0 spiro atoms. The highest BCUT2D eigenvalue weighted by atomic mass is 16.5. The number of ether oxygens (including phenoxy) is 3. The molecule has 1 aliphatic rings. The monoisotopic (exact) mass is 498 g/mol. The molecule has 2 N–H and O–H groups in total. The summed E-state index contributed by atoms with van der Waals surface area (Å²) in [5.41, 5.74) is 3.19. The predicted octanol–water partition coefficient (Wildman–Crippen LogP) is 4.29. The number of anilines is 2. The van der Waals surface area contributed by atoms with Crippen LogP contribution in [0.15, 0.2) is 78.3 Å². The summed E-state index contributed by atoms with van der Waals surface area (Å²) in [6.07, 6.45) is 3.41. The van der Waals surface area contributed by atoms with E-state index < -0.39 is 6.04 Å². The number of carbonyl (C=O) groups excluding carboxylic acids is 1. The van der Waals surface area contributed by atoms with Gasteiger partial charge in [0.25, 0.3) is 5.91 Å². The summed E-state index contributed by atoms with van der Waals surface area (Å²) in [6, 6.07) is 15.9. The number of methoxy groups -OCH3 is 3. The lowest BCUT2D eigenvalue weighted by atomic mass is 9.96. The molecule has 2 aromatic carbocycles. The highest BCUT2D eigenvalue weighted by molar-refractivity contribution is 6.06. The molecular weight excluding hydrogens is 472 g/mol. The van der Waals surface area contributed by atoms with Gasteiger partial charge < -0.3 is 24.8 Å². The second-order valence-electron chi connectivity index (χ2n) is 8.31. The van der Waals surface area contributed by atoms with Gasteiger partial charge in [-0.2, -0.15) is 4.98 Å². The number of carbonyl (C=O) groups is 1. The molecule has 0 bridgehead atoms. The number of para-hydroxylation sites is 2. The molecule has 5 rings (SSSR count). The average molecular weight is 499 g/mol. The van der Waals surface area contributed by atoms with Crippen LogP contribution >= 0.6 is 0 Å². The maximum atomic E-state index is 13.7. The fourth-order valence-electron chi connectivity index (χ4n) is 4.29. The van der Waals surface area contributed by atoms with E-state index in [1.807, 2.05) is 43.3 Å². The minimum atomic E-state index is -0.576. The van der Waals surface area contributed by atoms with Gasteiger partial charge in [-0.05, 0) is 42.8 Å². The lowest BCUT2D eigenvalue weighted by molar-refractivity contribution is -0.113. The van der Waals surface area contributed by atoms with E-state index in [0.29, 0.717) is 51.5 Å². The van der Waals surface area contributed by atoms with Gasteiger partial charge in [-0.3, -0.25) is 9.78 Å². The van der Waals surface area contributed by atoms with E-state index in [2.05, 4.69) is 15.6 Å². The summed E-state index contributed by atoms with van der Waals surface area (Å²) < 4.78 is 17.9. The van der Waals surface area contributed by atoms with Gasteiger partial charge in [0.05, 0.1) is 32.6 Å². The molecule has 3 heterocycles. The van der Waals surface area contributed by atoms with Gasteiger partial charge in [0.15, 0.2) is 5.82 Å². The summed E-state index contributed by atoms with van der Waals surface area (Å²) in [7, 11) is 4.74. The summed E-state index contributed by atoms with van der Waals surface area (Å²) >= 11 is 0. The first kappa shape index (κ1) is 23.9. The number of nitrogens with zero attached hydrogens (tertiary/aromatic N) is 4. The minimum Gasteiger partial charge on any atom is -0.497 e. The molecule has 188 valence electrons. The van der Waals surface area contributed by atoms with Gasteiger partial charge in [-0.1, -0.05) is 18.2 Å². The molecule has 4 aromatic rings. The van der Waals surface area contributed by atoms with E-state index in [9.17, 15) is 4.79 Å². The van der Waals surface area contributed by atoms with Crippen molar-refractivity contribution in [3.05, 3.63) is 83.8 Å². The third-order valence-corrected chi connectivity index (χ3v) is 6.06. The quantitative estimate of drug-likeness (QED) is 0.388. The fourth-order valence-corrected chi connectivity index (χ4v) is 4.29. The fraction of sp³-hybridized carbons (Fsp3) is 0.185. The lowest BCUT2D eigenvalue weighted by Gasteiger charge is -2.28. The lowest BCUT2D eigenvalue weighted by Crippen LogP contribution is -2.31. The van der Waals surface area contributed by atoms with E-state index in [1.54, 1.807) is 56.6 Å². The third-order valence-electron chi connectivity index (χ3n) is 6.06. The van der Waals surface area contributed by atoms with Gasteiger partial charge >= 0.3 is 0 Å². The largest absolute Gasteiger partial charge is 0.497 e. The number of nitrogens with one attached hydrogen (secondary N) is 2. The first-order chi connectivity index (χ1) is 18.0. The normalized spacial score (nSPS) is 14.4. The van der Waals surface area contributed by atoms with Gasteiger partial charge in [0, 0.05) is 29.7 Å². The van der Waals surface area contributed by atoms with Crippen LogP contribution < -0.4 is 24.8 Å². The molecule has 10 heteroatoms. The number of amides is 1. The zero-order valence-electron chi connectivity index (χ0n) is 20.9. The van der Waals surface area contributed by atoms with E-state index in [-0.39, 0.29) is 5.91 Å². The molecule has 1 atom stereocenters. The Morgan fingerprint density at radius 1 is 1.00 bits per heavy atom. The third kappa shape index (κ3) is 4.56. The minimum absolute atomic E-state index is 0.297. The average Bonchev–Trinajstić information content (AvgIpc) is 3.36. The summed E-state index contributed by atoms with van der Waals surface area (Å²) in [5.74, 6) is 2.44. The molecule has 0 unspecified atom stereocenters. The Labute approximate surface area is 213 Å². The number of hydrogen-bond acceptors (Lipinski definition) is 8. The number of benzene rings is 2. The molecule has 0 fully saturated rings. The SMILES string of the molecule is COc1cc(OC)cc(-c2nc3n(n2)[C@@H](c2cccnc2)C(C(=O)Nc2ccccc2OC)=C(C)N3)c1. The summed E-state index contributed by atoms with van der Waals surface area (Å²) in [5, 5.41) is 11.0. The highest BCUT2D eigenvalue weighted by Gasteiger charge is 2.35. The maximum Gasteiger partial charge on any atom is 0.255 e. The summed E-state index contributed by atoms with van der Waals surface area (Å²) in [4.78, 5) is 22.7. The van der Waals surface area contributed by atoms with Crippen LogP contribution in [0.1, 0.15) is 18.5 Å². The van der Waals surface area contributed by atoms with Crippen LogP contribution in [0.2, 0.25) is 0 Å². The van der Waals surface area contributed by atoms with E-state index >= 15 is 0 Å². The Kier molecular flexibility index (Phi) is 6.46. The first-order valence-electron chi connectivity index (χ1n) is 11.5. The molecule has 37 heavy (non-hydrogen) atoms. The number of aromatic nitrogens is 4. The number of hydrogen-bond donors (Lipinski definition) is 2. The van der Waals surface area contributed by atoms with Gasteiger partial charge in [-0.25, -0.2) is 4.68 Å². The van der Waals surface area contributed by atoms with Crippen LogP contribution in [-0.2, 0) is 4.79 Å². The van der Waals surface area contributed by atoms with Crippen molar-refractivity contribution >= 4 is 17.5 Å². The topological polar surface area (TPSA) is 112 Å². The molecule has 10 nitrogen and oxygen atoms in total. The zero-order valence-corrected chi connectivity index (χ0v) is 20.9. The number of allylic oxidation sites excluding steroid dienone is 1. The molecule has 0 aliphatic carbocycles. The number of pyridine rings is 1. The highest BCUT2D eigenvalue weighted by Crippen LogP contribution is 2.38. The Balaban J connectivity index is 1.59. The van der Waals surface area contributed by atoms with Crippen molar-refractivity contribution in [1.82, 2.24) is 19.7 Å². The van der Waals surface area contributed by atoms with Crippen LogP contribution in [0.3, 0.4) is 0 Å². The van der Waals surface area contributed by atoms with Gasteiger partial charge in [0.1, 0.15) is 23.3 Å². The van der Waals surface area contributed by atoms with Crippen LogP contribution in [0, 0.1) is 0 Å². The Hall–Kier alpha value is -4.86. The van der Waals surface area contributed by atoms with Crippen molar-refractivity contribution in [2.45, 2.75) is 13.0 Å². The van der Waals surface area contributed by atoms with Crippen LogP contribution in [-0.4, -0.2) is 47.0 Å². The second-order valence-corrected chi connectivity index (χ2v) is 8.31. The predicted molar refractivity (Wildman–Crippen MR) is 139 cm³/mol. The Morgan fingerprint density at radius 3 is 2.43 bits per heavy atom. The van der Waals surface area contributed by atoms with Crippen molar-refractivity contribution < 1.29 is 19.0 Å². The summed E-state index contributed by atoms with van der Waals surface area (Å²) in [6.45, 7) is 1.84. The first-order valence-corrected chi connectivity index (χ1v) is 11.5. The Morgan fingerprint density at radius 2 is 1.76 bits per heavy atom. The molecule has 2 aromatic heterocycles. The molecule has 0 saturated carbocycles. The molecule has 1 aliphatic heterocycles. The van der Waals surface area contributed by atoms with Crippen LogP contribution in [0.5, 0.6) is 17.2 Å². The molecular formula is C27H26N6O4. The van der Waals surface area contributed by atoms with Crippen molar-refractivity contribution in [3.8, 4) is 28.6 Å². The van der Waals surface area contributed by atoms with Crippen molar-refractivity contribution in [3.63, 3.8) is 0 Å². The smallest absolute Gasteiger partial charge is 0.255 e.